The number of hydrogen-bond acceptors (Lipinski definition) is 2. The molecule has 2 aliphatic carbocycles. The molecule has 2 aliphatic rings. The van der Waals surface area contributed by atoms with E-state index >= 15 is 0 Å². The van der Waals surface area contributed by atoms with E-state index in [9.17, 15) is 4.79 Å². The van der Waals surface area contributed by atoms with Gasteiger partial charge in [-0.05, 0) is 87.9 Å². The average Bonchev–Trinajstić information content (AvgIpc) is 2.60. The first-order chi connectivity index (χ1) is 13.1. The van der Waals surface area contributed by atoms with Gasteiger partial charge in [0.15, 0.2) is 0 Å². The summed E-state index contributed by atoms with van der Waals surface area (Å²) in [5, 5.41) is 0. The van der Waals surface area contributed by atoms with E-state index in [1.54, 1.807) is 6.08 Å². The van der Waals surface area contributed by atoms with Crippen LogP contribution < -0.4 is 0 Å². The van der Waals surface area contributed by atoms with Crippen molar-refractivity contribution in [2.24, 2.45) is 22.7 Å². The van der Waals surface area contributed by atoms with Crippen molar-refractivity contribution in [3.63, 3.8) is 0 Å². The Morgan fingerprint density at radius 2 is 1.89 bits per heavy atom. The highest BCUT2D eigenvalue weighted by Gasteiger charge is 2.52. The van der Waals surface area contributed by atoms with Crippen LogP contribution in [0.5, 0.6) is 0 Å². The molecule has 28 heavy (non-hydrogen) atoms. The van der Waals surface area contributed by atoms with E-state index in [0.717, 1.165) is 30.8 Å². The van der Waals surface area contributed by atoms with Crippen molar-refractivity contribution in [3.8, 4) is 0 Å². The Labute approximate surface area is 173 Å². The zero-order valence-electron chi connectivity index (χ0n) is 19.2. The molecule has 2 saturated carbocycles. The normalized spacial score (nSPS) is 30.7. The maximum absolute atomic E-state index is 11.3. The van der Waals surface area contributed by atoms with E-state index in [0.29, 0.717) is 16.7 Å². The maximum atomic E-state index is 11.3. The molecule has 0 saturated heterocycles. The highest BCUT2D eigenvalue weighted by molar-refractivity contribution is 5.82. The van der Waals surface area contributed by atoms with Crippen molar-refractivity contribution in [1.29, 1.82) is 0 Å². The smallest absolute Gasteiger partial charge is 0.330 e. The molecule has 158 valence electrons. The minimum absolute atomic E-state index is 0.257. The predicted molar refractivity (Wildman–Crippen MR) is 119 cm³/mol. The molecule has 3 atom stereocenters. The lowest BCUT2D eigenvalue weighted by Crippen LogP contribution is -2.49. The van der Waals surface area contributed by atoms with E-state index in [4.69, 9.17) is 4.74 Å². The van der Waals surface area contributed by atoms with Gasteiger partial charge in [-0.3, -0.25) is 0 Å². The molecule has 0 aliphatic heterocycles. The zero-order valence-corrected chi connectivity index (χ0v) is 19.2. The quantitative estimate of drug-likeness (QED) is 0.259. The highest BCUT2D eigenvalue weighted by atomic mass is 16.5. The van der Waals surface area contributed by atoms with Crippen molar-refractivity contribution in [3.05, 3.63) is 35.5 Å². The van der Waals surface area contributed by atoms with Gasteiger partial charge in [0.05, 0.1) is 7.11 Å². The molecule has 2 fully saturated rings. The number of ether oxygens (including phenoxy) is 1. The molecule has 2 nitrogen and oxygen atoms in total. The topological polar surface area (TPSA) is 26.3 Å². The van der Waals surface area contributed by atoms with Crippen LogP contribution in [0.4, 0.5) is 0 Å². The van der Waals surface area contributed by atoms with Crippen LogP contribution in [-0.4, -0.2) is 13.1 Å². The van der Waals surface area contributed by atoms with Gasteiger partial charge in [0.2, 0.25) is 0 Å². The Kier molecular flexibility index (Phi) is 7.76. The second-order valence-electron chi connectivity index (χ2n) is 10.3. The third-order valence-electron chi connectivity index (χ3n) is 7.74. The summed E-state index contributed by atoms with van der Waals surface area (Å²) in [6, 6.07) is 0. The average molecular weight is 387 g/mol. The van der Waals surface area contributed by atoms with E-state index in [-0.39, 0.29) is 5.97 Å². The summed E-state index contributed by atoms with van der Waals surface area (Å²) in [5.41, 5.74) is 4.95. The van der Waals surface area contributed by atoms with Crippen molar-refractivity contribution in [1.82, 2.24) is 0 Å². The lowest BCUT2D eigenvalue weighted by Gasteiger charge is -2.58. The molecular weight excluding hydrogens is 344 g/mol. The molecule has 0 aromatic rings. The summed E-state index contributed by atoms with van der Waals surface area (Å²) in [6.45, 7) is 16.3. The van der Waals surface area contributed by atoms with Gasteiger partial charge in [-0.25, -0.2) is 4.79 Å². The zero-order chi connectivity index (χ0) is 20.9. The van der Waals surface area contributed by atoms with Gasteiger partial charge in [0.1, 0.15) is 0 Å². The van der Waals surface area contributed by atoms with E-state index < -0.39 is 0 Å². The molecule has 0 spiro atoms. The van der Waals surface area contributed by atoms with E-state index in [2.05, 4.69) is 40.3 Å². The standard InChI is InChI=1S/C26H42O2/c1-19(10-8-11-20(2)18-24(27)28-7)12-14-22-21(3)13-15-23-25(4,5)16-9-17-26(22,23)6/h10,18,22-23H,3,8-9,11-17H2,1-2,4-7H3/b19-10-,20-18-/t22-,23-,26+/m0/s1. The third-order valence-corrected chi connectivity index (χ3v) is 7.74. The summed E-state index contributed by atoms with van der Waals surface area (Å²) in [5.74, 6) is 1.24. The van der Waals surface area contributed by atoms with Crippen LogP contribution in [0.25, 0.3) is 0 Å². The summed E-state index contributed by atoms with van der Waals surface area (Å²) in [6.07, 6.45) is 14.9. The van der Waals surface area contributed by atoms with Gasteiger partial charge in [0.25, 0.3) is 0 Å². The second kappa shape index (κ2) is 9.46. The van der Waals surface area contributed by atoms with Gasteiger partial charge in [0, 0.05) is 6.08 Å². The second-order valence-corrected chi connectivity index (χ2v) is 10.3. The number of carbonyl (C=O) groups is 1. The summed E-state index contributed by atoms with van der Waals surface area (Å²) >= 11 is 0. The van der Waals surface area contributed by atoms with Gasteiger partial charge in [-0.2, -0.15) is 0 Å². The number of methoxy groups -OCH3 is 1. The van der Waals surface area contributed by atoms with Crippen molar-refractivity contribution in [2.45, 2.75) is 92.4 Å². The molecule has 0 radical (unpaired) electrons. The number of esters is 1. The number of allylic oxidation sites excluding steroid dienone is 4. The van der Waals surface area contributed by atoms with E-state index in [1.165, 1.54) is 56.8 Å². The molecule has 0 aromatic carbocycles. The molecule has 0 bridgehead atoms. The molecule has 0 N–H and O–H groups in total. The van der Waals surface area contributed by atoms with Crippen LogP contribution in [0.3, 0.4) is 0 Å². The minimum atomic E-state index is -0.257. The molecule has 0 amide bonds. The molecule has 0 unspecified atom stereocenters. The van der Waals surface area contributed by atoms with Crippen LogP contribution in [-0.2, 0) is 9.53 Å². The van der Waals surface area contributed by atoms with Crippen molar-refractivity contribution < 1.29 is 9.53 Å². The molecule has 0 aromatic heterocycles. The number of rotatable bonds is 7. The summed E-state index contributed by atoms with van der Waals surface area (Å²) < 4.78 is 4.69. The fourth-order valence-corrected chi connectivity index (χ4v) is 6.16. The molecule has 2 rings (SSSR count). The highest BCUT2D eigenvalue weighted by Crippen LogP contribution is 2.61. The van der Waals surface area contributed by atoms with Crippen molar-refractivity contribution >= 4 is 5.97 Å². The Balaban J connectivity index is 1.95. The Bertz CT molecular complexity index is 637. The van der Waals surface area contributed by atoms with Crippen molar-refractivity contribution in [2.75, 3.05) is 7.11 Å². The van der Waals surface area contributed by atoms with Crippen LogP contribution in [0.15, 0.2) is 35.5 Å². The van der Waals surface area contributed by atoms with E-state index in [1.807, 2.05) is 6.92 Å². The lowest BCUT2D eigenvalue weighted by molar-refractivity contribution is -0.134. The molecule has 2 heteroatoms. The van der Waals surface area contributed by atoms with Crippen LogP contribution >= 0.6 is 0 Å². The maximum Gasteiger partial charge on any atom is 0.330 e. The third kappa shape index (κ3) is 5.39. The Hall–Kier alpha value is -1.31. The predicted octanol–water partition coefficient (Wildman–Crippen LogP) is 7.41. The van der Waals surface area contributed by atoms with Gasteiger partial charge < -0.3 is 4.74 Å². The molecule has 0 heterocycles. The van der Waals surface area contributed by atoms with Crippen LogP contribution in [0.2, 0.25) is 0 Å². The first-order valence-corrected chi connectivity index (χ1v) is 11.2. The van der Waals surface area contributed by atoms with Crippen LogP contribution in [0, 0.1) is 22.7 Å². The largest absolute Gasteiger partial charge is 0.466 e. The number of fused-ring (bicyclic) bond motifs is 1. The fourth-order valence-electron chi connectivity index (χ4n) is 6.16. The summed E-state index contributed by atoms with van der Waals surface area (Å²) in [4.78, 5) is 11.3. The Morgan fingerprint density at radius 1 is 1.18 bits per heavy atom. The monoisotopic (exact) mass is 386 g/mol. The first-order valence-electron chi connectivity index (χ1n) is 11.2. The van der Waals surface area contributed by atoms with Gasteiger partial charge >= 0.3 is 5.97 Å². The minimum Gasteiger partial charge on any atom is -0.466 e. The summed E-state index contributed by atoms with van der Waals surface area (Å²) in [7, 11) is 1.42. The number of hydrogen-bond donors (Lipinski definition) is 0. The lowest BCUT2D eigenvalue weighted by atomic mass is 9.47. The SMILES string of the molecule is C=C1CC[C@H]2C(C)(C)CCC[C@]2(C)[C@H]1CC/C(C)=C\CC/C(C)=C\C(=O)OC. The Morgan fingerprint density at radius 3 is 2.57 bits per heavy atom. The number of carbonyl (C=O) groups excluding carboxylic acids is 1. The fraction of sp³-hybridized carbons (Fsp3) is 0.731. The van der Waals surface area contributed by atoms with Gasteiger partial charge in [-0.15, -0.1) is 0 Å². The molecular formula is C26H42O2. The van der Waals surface area contributed by atoms with Gasteiger partial charge in [-0.1, -0.05) is 56.6 Å². The van der Waals surface area contributed by atoms with Crippen LogP contribution in [0.1, 0.15) is 92.4 Å². The first kappa shape index (κ1) is 23.0.